The molecule has 1 aromatic rings. The van der Waals surface area contributed by atoms with Gasteiger partial charge >= 0.3 is 0 Å². The Hall–Kier alpha value is -1.22. The number of hydrogen-bond acceptors (Lipinski definition) is 5. The SMILES string of the molecule is NC1CC(NS(=O)(=O)c2cc([N+](=O)[O-])ccc2Cl)C1. The minimum absolute atomic E-state index is 0.00622. The molecule has 0 saturated heterocycles. The molecule has 0 bridgehead atoms. The van der Waals surface area contributed by atoms with E-state index in [0.717, 1.165) is 12.1 Å². The molecular weight excluding hydrogens is 294 g/mol. The van der Waals surface area contributed by atoms with Gasteiger partial charge in [-0.05, 0) is 18.9 Å². The van der Waals surface area contributed by atoms with Gasteiger partial charge in [0.2, 0.25) is 10.0 Å². The van der Waals surface area contributed by atoms with E-state index in [1.807, 2.05) is 0 Å². The Balaban J connectivity index is 2.29. The molecule has 9 heteroatoms. The number of benzene rings is 1. The summed E-state index contributed by atoms with van der Waals surface area (Å²) < 4.78 is 26.6. The number of non-ortho nitro benzene ring substituents is 1. The molecule has 0 radical (unpaired) electrons. The highest BCUT2D eigenvalue weighted by Crippen LogP contribution is 2.28. The van der Waals surface area contributed by atoms with Crippen molar-refractivity contribution in [2.75, 3.05) is 0 Å². The van der Waals surface area contributed by atoms with E-state index in [2.05, 4.69) is 4.72 Å². The summed E-state index contributed by atoms with van der Waals surface area (Å²) in [6.45, 7) is 0. The molecule has 0 amide bonds. The fraction of sp³-hybridized carbons (Fsp3) is 0.400. The molecular formula is C10H12ClN3O4S. The zero-order valence-electron chi connectivity index (χ0n) is 9.74. The monoisotopic (exact) mass is 305 g/mol. The van der Waals surface area contributed by atoms with Gasteiger partial charge in [-0.25, -0.2) is 13.1 Å². The number of hydrogen-bond donors (Lipinski definition) is 2. The highest BCUT2D eigenvalue weighted by Gasteiger charge is 2.31. The molecule has 7 nitrogen and oxygen atoms in total. The fourth-order valence-corrected chi connectivity index (χ4v) is 3.63. The van der Waals surface area contributed by atoms with Crippen LogP contribution in [0.4, 0.5) is 5.69 Å². The Morgan fingerprint density at radius 3 is 2.58 bits per heavy atom. The molecule has 1 aliphatic rings. The Bertz CT molecular complexity index is 613. The third-order valence-electron chi connectivity index (χ3n) is 2.91. The first kappa shape index (κ1) is 14.2. The van der Waals surface area contributed by atoms with Gasteiger partial charge in [-0.1, -0.05) is 11.6 Å². The average molecular weight is 306 g/mol. The summed E-state index contributed by atoms with van der Waals surface area (Å²) in [4.78, 5) is 9.69. The lowest BCUT2D eigenvalue weighted by atomic mass is 9.89. The van der Waals surface area contributed by atoms with Crippen molar-refractivity contribution in [3.05, 3.63) is 33.3 Å². The van der Waals surface area contributed by atoms with Crippen molar-refractivity contribution in [2.45, 2.75) is 29.8 Å². The van der Waals surface area contributed by atoms with Gasteiger partial charge in [0.1, 0.15) is 4.90 Å². The van der Waals surface area contributed by atoms with E-state index in [0.29, 0.717) is 12.8 Å². The van der Waals surface area contributed by atoms with Crippen LogP contribution in [0.15, 0.2) is 23.1 Å². The van der Waals surface area contributed by atoms with Crippen LogP contribution in [0.3, 0.4) is 0 Å². The number of sulfonamides is 1. The van der Waals surface area contributed by atoms with Crippen LogP contribution in [-0.2, 0) is 10.0 Å². The third-order valence-corrected chi connectivity index (χ3v) is 4.91. The number of nitro benzene ring substituents is 1. The molecule has 0 aliphatic heterocycles. The van der Waals surface area contributed by atoms with Crippen LogP contribution in [0.25, 0.3) is 0 Å². The van der Waals surface area contributed by atoms with E-state index in [9.17, 15) is 18.5 Å². The van der Waals surface area contributed by atoms with Crippen molar-refractivity contribution in [3.8, 4) is 0 Å². The van der Waals surface area contributed by atoms with E-state index in [1.165, 1.54) is 6.07 Å². The second-order valence-corrected chi connectivity index (χ2v) is 6.51. The lowest BCUT2D eigenvalue weighted by Crippen LogP contribution is -2.50. The number of nitrogens with one attached hydrogen (secondary N) is 1. The zero-order valence-corrected chi connectivity index (χ0v) is 11.3. The molecule has 0 heterocycles. The smallest absolute Gasteiger partial charge is 0.270 e. The second kappa shape index (κ2) is 5.04. The van der Waals surface area contributed by atoms with Crippen molar-refractivity contribution >= 4 is 27.3 Å². The molecule has 1 fully saturated rings. The van der Waals surface area contributed by atoms with Crippen LogP contribution in [0.1, 0.15) is 12.8 Å². The van der Waals surface area contributed by atoms with Crippen LogP contribution in [-0.4, -0.2) is 25.4 Å². The minimum atomic E-state index is -3.87. The Morgan fingerprint density at radius 1 is 1.42 bits per heavy atom. The Morgan fingerprint density at radius 2 is 2.05 bits per heavy atom. The van der Waals surface area contributed by atoms with Crippen molar-refractivity contribution in [2.24, 2.45) is 5.73 Å². The molecule has 0 aromatic heterocycles. The predicted octanol–water partition coefficient (Wildman–Crippen LogP) is 1.02. The molecule has 3 N–H and O–H groups in total. The van der Waals surface area contributed by atoms with E-state index in [-0.39, 0.29) is 27.7 Å². The van der Waals surface area contributed by atoms with E-state index in [4.69, 9.17) is 17.3 Å². The molecule has 19 heavy (non-hydrogen) atoms. The highest BCUT2D eigenvalue weighted by atomic mass is 35.5. The number of nitrogens with two attached hydrogens (primary N) is 1. The summed E-state index contributed by atoms with van der Waals surface area (Å²) in [5.74, 6) is 0. The number of rotatable bonds is 4. The highest BCUT2D eigenvalue weighted by molar-refractivity contribution is 7.89. The number of nitro groups is 1. The fourth-order valence-electron chi connectivity index (χ4n) is 1.85. The van der Waals surface area contributed by atoms with Gasteiger partial charge in [-0.2, -0.15) is 0 Å². The molecule has 2 rings (SSSR count). The predicted molar refractivity (Wildman–Crippen MR) is 69.4 cm³/mol. The maximum atomic E-state index is 12.1. The maximum Gasteiger partial charge on any atom is 0.270 e. The molecule has 0 atom stereocenters. The lowest BCUT2D eigenvalue weighted by molar-refractivity contribution is -0.385. The quantitative estimate of drug-likeness (QED) is 0.636. The molecule has 0 spiro atoms. The molecule has 1 saturated carbocycles. The Kier molecular flexibility index (Phi) is 3.77. The van der Waals surface area contributed by atoms with Crippen molar-refractivity contribution in [1.29, 1.82) is 0 Å². The van der Waals surface area contributed by atoms with Gasteiger partial charge in [-0.3, -0.25) is 10.1 Å². The van der Waals surface area contributed by atoms with Gasteiger partial charge in [-0.15, -0.1) is 0 Å². The summed E-state index contributed by atoms with van der Waals surface area (Å²) in [5.41, 5.74) is 5.25. The van der Waals surface area contributed by atoms with E-state index < -0.39 is 14.9 Å². The van der Waals surface area contributed by atoms with E-state index >= 15 is 0 Å². The first-order valence-corrected chi connectivity index (χ1v) is 7.37. The summed E-state index contributed by atoms with van der Waals surface area (Å²) in [7, 11) is -3.87. The summed E-state index contributed by atoms with van der Waals surface area (Å²) in [5, 5.41) is 10.6. The summed E-state index contributed by atoms with van der Waals surface area (Å²) in [6.07, 6.45) is 1.09. The van der Waals surface area contributed by atoms with Crippen LogP contribution < -0.4 is 10.5 Å². The first-order valence-electron chi connectivity index (χ1n) is 5.51. The Labute approximate surface area is 114 Å². The summed E-state index contributed by atoms with van der Waals surface area (Å²) >= 11 is 5.79. The largest absolute Gasteiger partial charge is 0.328 e. The standard InChI is InChI=1S/C10H12ClN3O4S/c11-9-2-1-8(14(15)16)5-10(9)19(17,18)13-7-3-6(12)4-7/h1-2,5-7,13H,3-4,12H2. The van der Waals surface area contributed by atoms with Gasteiger partial charge < -0.3 is 5.73 Å². The minimum Gasteiger partial charge on any atom is -0.328 e. The van der Waals surface area contributed by atoms with Crippen molar-refractivity contribution < 1.29 is 13.3 Å². The normalized spacial score (nSPS) is 22.8. The topological polar surface area (TPSA) is 115 Å². The molecule has 104 valence electrons. The van der Waals surface area contributed by atoms with Gasteiger partial charge in [0.25, 0.3) is 5.69 Å². The second-order valence-electron chi connectivity index (χ2n) is 4.42. The van der Waals surface area contributed by atoms with E-state index in [1.54, 1.807) is 0 Å². The molecule has 0 unspecified atom stereocenters. The first-order chi connectivity index (χ1) is 8.79. The van der Waals surface area contributed by atoms with Crippen molar-refractivity contribution in [3.63, 3.8) is 0 Å². The number of nitrogens with zero attached hydrogens (tertiary/aromatic N) is 1. The zero-order chi connectivity index (χ0) is 14.2. The maximum absolute atomic E-state index is 12.1. The number of halogens is 1. The molecule has 1 aromatic carbocycles. The van der Waals surface area contributed by atoms with Gasteiger partial charge in [0.05, 0.1) is 9.95 Å². The third kappa shape index (κ3) is 3.03. The summed E-state index contributed by atoms with van der Waals surface area (Å²) in [6, 6.07) is 3.05. The average Bonchev–Trinajstić information content (AvgIpc) is 2.26. The van der Waals surface area contributed by atoms with Crippen LogP contribution in [0, 0.1) is 10.1 Å². The van der Waals surface area contributed by atoms with Gasteiger partial charge in [0.15, 0.2) is 0 Å². The molecule has 1 aliphatic carbocycles. The van der Waals surface area contributed by atoms with Gasteiger partial charge in [0, 0.05) is 24.2 Å². The van der Waals surface area contributed by atoms with Crippen LogP contribution >= 0.6 is 11.6 Å². The lowest BCUT2D eigenvalue weighted by Gasteiger charge is -2.32. The van der Waals surface area contributed by atoms with Crippen LogP contribution in [0.2, 0.25) is 5.02 Å². The van der Waals surface area contributed by atoms with Crippen LogP contribution in [0.5, 0.6) is 0 Å². The van der Waals surface area contributed by atoms with Crippen molar-refractivity contribution in [1.82, 2.24) is 4.72 Å².